The number of sulfonamides is 1. The van der Waals surface area contributed by atoms with Gasteiger partial charge in [0.1, 0.15) is 0 Å². The van der Waals surface area contributed by atoms with E-state index in [0.29, 0.717) is 32.8 Å². The van der Waals surface area contributed by atoms with Crippen molar-refractivity contribution in [2.45, 2.75) is 25.3 Å². The molecule has 108 valence electrons. The van der Waals surface area contributed by atoms with E-state index in [-0.39, 0.29) is 4.90 Å². The highest BCUT2D eigenvalue weighted by molar-refractivity contribution is 7.89. The minimum atomic E-state index is -3.47. The van der Waals surface area contributed by atoms with Crippen LogP contribution >= 0.6 is 0 Å². The zero-order valence-electron chi connectivity index (χ0n) is 11.5. The molecule has 0 unspecified atom stereocenters. The number of likely N-dealkylation sites (N-methyl/N-ethyl adjacent to an activating group) is 1. The Balaban J connectivity index is 2.92. The maximum atomic E-state index is 12.5. The lowest BCUT2D eigenvalue weighted by Gasteiger charge is -2.20. The minimum absolute atomic E-state index is 0.286. The van der Waals surface area contributed by atoms with Crippen molar-refractivity contribution < 1.29 is 13.2 Å². The molecule has 0 saturated heterocycles. The van der Waals surface area contributed by atoms with Crippen LogP contribution in [0.4, 0.5) is 0 Å². The van der Waals surface area contributed by atoms with Crippen LogP contribution < -0.4 is 5.73 Å². The van der Waals surface area contributed by atoms with Crippen LogP contribution in [0.2, 0.25) is 0 Å². The third kappa shape index (κ3) is 4.28. The molecule has 0 aromatic heterocycles. The molecule has 0 saturated carbocycles. The van der Waals surface area contributed by atoms with E-state index in [1.165, 1.54) is 4.31 Å². The van der Waals surface area contributed by atoms with Crippen LogP contribution in [0.3, 0.4) is 0 Å². The average molecular weight is 286 g/mol. The van der Waals surface area contributed by atoms with Crippen LogP contribution in [0, 0.1) is 0 Å². The molecule has 19 heavy (non-hydrogen) atoms. The molecule has 0 atom stereocenters. The summed E-state index contributed by atoms with van der Waals surface area (Å²) < 4.78 is 31.5. The summed E-state index contributed by atoms with van der Waals surface area (Å²) >= 11 is 0. The first kappa shape index (κ1) is 16.1. The molecule has 2 N–H and O–H groups in total. The number of benzene rings is 1. The van der Waals surface area contributed by atoms with Gasteiger partial charge in [-0.1, -0.05) is 19.1 Å². The summed E-state index contributed by atoms with van der Waals surface area (Å²) in [6.07, 6.45) is 0. The first-order valence-electron chi connectivity index (χ1n) is 6.43. The van der Waals surface area contributed by atoms with E-state index in [2.05, 4.69) is 0 Å². The van der Waals surface area contributed by atoms with Gasteiger partial charge in [0, 0.05) is 26.2 Å². The van der Waals surface area contributed by atoms with E-state index in [1.807, 2.05) is 19.9 Å². The Morgan fingerprint density at radius 1 is 1.32 bits per heavy atom. The Bertz CT molecular complexity index is 488. The number of hydrogen-bond acceptors (Lipinski definition) is 4. The zero-order valence-corrected chi connectivity index (χ0v) is 12.3. The molecule has 1 aromatic rings. The van der Waals surface area contributed by atoms with Crippen molar-refractivity contribution in [3.63, 3.8) is 0 Å². The van der Waals surface area contributed by atoms with E-state index in [1.54, 1.807) is 18.2 Å². The van der Waals surface area contributed by atoms with Gasteiger partial charge in [-0.3, -0.25) is 0 Å². The highest BCUT2D eigenvalue weighted by Gasteiger charge is 2.22. The summed E-state index contributed by atoms with van der Waals surface area (Å²) in [7, 11) is -3.47. The lowest BCUT2D eigenvalue weighted by Crippen LogP contribution is -2.34. The maximum Gasteiger partial charge on any atom is 0.243 e. The predicted octanol–water partition coefficient (Wildman–Crippen LogP) is 1.19. The van der Waals surface area contributed by atoms with Gasteiger partial charge in [-0.2, -0.15) is 4.31 Å². The summed E-state index contributed by atoms with van der Waals surface area (Å²) in [5.41, 5.74) is 6.35. The van der Waals surface area contributed by atoms with Crippen molar-refractivity contribution in [2.24, 2.45) is 5.73 Å². The van der Waals surface area contributed by atoms with Gasteiger partial charge in [-0.25, -0.2) is 8.42 Å². The first-order valence-corrected chi connectivity index (χ1v) is 7.87. The normalized spacial score (nSPS) is 12.0. The third-order valence-electron chi connectivity index (χ3n) is 2.81. The fraction of sp³-hybridized carbons (Fsp3) is 0.538. The van der Waals surface area contributed by atoms with Crippen LogP contribution in [0.1, 0.15) is 19.4 Å². The second kappa shape index (κ2) is 7.59. The molecule has 0 heterocycles. The first-order chi connectivity index (χ1) is 9.06. The summed E-state index contributed by atoms with van der Waals surface area (Å²) in [6.45, 7) is 5.79. The lowest BCUT2D eigenvalue weighted by atomic mass is 10.2. The highest BCUT2D eigenvalue weighted by Crippen LogP contribution is 2.16. The SMILES string of the molecule is CCOCCN(CC)S(=O)(=O)c1cccc(CN)c1. The third-order valence-corrected chi connectivity index (χ3v) is 4.78. The van der Waals surface area contributed by atoms with Gasteiger partial charge in [0.25, 0.3) is 0 Å². The van der Waals surface area contributed by atoms with Crippen molar-refractivity contribution in [3.05, 3.63) is 29.8 Å². The van der Waals surface area contributed by atoms with Crippen molar-refractivity contribution in [1.29, 1.82) is 0 Å². The quantitative estimate of drug-likeness (QED) is 0.729. The molecule has 0 spiro atoms. The number of nitrogens with two attached hydrogens (primary N) is 1. The van der Waals surface area contributed by atoms with Gasteiger partial charge in [-0.15, -0.1) is 0 Å². The number of ether oxygens (including phenoxy) is 1. The molecule has 6 heteroatoms. The van der Waals surface area contributed by atoms with E-state index in [0.717, 1.165) is 5.56 Å². The lowest BCUT2D eigenvalue weighted by molar-refractivity contribution is 0.135. The van der Waals surface area contributed by atoms with Crippen molar-refractivity contribution in [1.82, 2.24) is 4.31 Å². The largest absolute Gasteiger partial charge is 0.380 e. The molecule has 5 nitrogen and oxygen atoms in total. The Morgan fingerprint density at radius 2 is 2.05 bits per heavy atom. The van der Waals surface area contributed by atoms with Gasteiger partial charge in [0.15, 0.2) is 0 Å². The van der Waals surface area contributed by atoms with Crippen LogP contribution in [0.15, 0.2) is 29.2 Å². The molecule has 0 amide bonds. The smallest absolute Gasteiger partial charge is 0.243 e. The maximum absolute atomic E-state index is 12.5. The van der Waals surface area contributed by atoms with Crippen LogP contribution in [0.25, 0.3) is 0 Å². The number of nitrogens with zero attached hydrogens (tertiary/aromatic N) is 1. The Morgan fingerprint density at radius 3 is 2.63 bits per heavy atom. The molecule has 0 bridgehead atoms. The minimum Gasteiger partial charge on any atom is -0.380 e. The molecule has 0 aliphatic carbocycles. The molecule has 0 aliphatic heterocycles. The van der Waals surface area contributed by atoms with E-state index < -0.39 is 10.0 Å². The summed E-state index contributed by atoms with van der Waals surface area (Å²) in [6, 6.07) is 6.75. The second-order valence-electron chi connectivity index (χ2n) is 4.05. The van der Waals surface area contributed by atoms with E-state index >= 15 is 0 Å². The average Bonchev–Trinajstić information content (AvgIpc) is 2.43. The monoisotopic (exact) mass is 286 g/mol. The molecule has 0 fully saturated rings. The fourth-order valence-corrected chi connectivity index (χ4v) is 3.24. The highest BCUT2D eigenvalue weighted by atomic mass is 32.2. The molecule has 1 aromatic carbocycles. The number of rotatable bonds is 8. The summed E-state index contributed by atoms with van der Waals surface area (Å²) in [4.78, 5) is 0.286. The molecular formula is C13H22N2O3S. The molecule has 1 rings (SSSR count). The van der Waals surface area contributed by atoms with Gasteiger partial charge >= 0.3 is 0 Å². The molecule has 0 aliphatic rings. The van der Waals surface area contributed by atoms with Crippen molar-refractivity contribution in [2.75, 3.05) is 26.3 Å². The second-order valence-corrected chi connectivity index (χ2v) is 5.98. The van der Waals surface area contributed by atoms with Crippen LogP contribution in [-0.2, 0) is 21.3 Å². The predicted molar refractivity (Wildman–Crippen MR) is 75.3 cm³/mol. The van der Waals surface area contributed by atoms with Gasteiger partial charge in [-0.05, 0) is 24.6 Å². The Kier molecular flexibility index (Phi) is 6.44. The fourth-order valence-electron chi connectivity index (χ4n) is 1.74. The van der Waals surface area contributed by atoms with Gasteiger partial charge < -0.3 is 10.5 Å². The topological polar surface area (TPSA) is 72.6 Å². The van der Waals surface area contributed by atoms with Crippen LogP contribution in [0.5, 0.6) is 0 Å². The van der Waals surface area contributed by atoms with E-state index in [4.69, 9.17) is 10.5 Å². The summed E-state index contributed by atoms with van der Waals surface area (Å²) in [5.74, 6) is 0. The van der Waals surface area contributed by atoms with Gasteiger partial charge in [0.2, 0.25) is 10.0 Å². The number of hydrogen-bond donors (Lipinski definition) is 1. The Hall–Kier alpha value is -0.950. The van der Waals surface area contributed by atoms with Crippen LogP contribution in [-0.4, -0.2) is 39.0 Å². The molecular weight excluding hydrogens is 264 g/mol. The Labute approximate surface area is 115 Å². The zero-order chi connectivity index (χ0) is 14.3. The van der Waals surface area contributed by atoms with Crippen molar-refractivity contribution in [3.8, 4) is 0 Å². The van der Waals surface area contributed by atoms with Crippen molar-refractivity contribution >= 4 is 10.0 Å². The van der Waals surface area contributed by atoms with Gasteiger partial charge in [0.05, 0.1) is 11.5 Å². The van der Waals surface area contributed by atoms with E-state index in [9.17, 15) is 8.42 Å². The standard InChI is InChI=1S/C13H22N2O3S/c1-3-15(8-9-18-4-2)19(16,17)13-7-5-6-12(10-13)11-14/h5-7,10H,3-4,8-9,11,14H2,1-2H3. The summed E-state index contributed by atoms with van der Waals surface area (Å²) in [5, 5.41) is 0. The molecule has 0 radical (unpaired) electrons.